The number of rotatable bonds is 5. The minimum atomic E-state index is -0.735. The van der Waals surface area contributed by atoms with Crippen molar-refractivity contribution in [2.45, 2.75) is 38.7 Å². The van der Waals surface area contributed by atoms with E-state index in [1.54, 1.807) is 55.5 Å². The molecule has 2 aromatic carbocycles. The number of benzene rings is 2. The molecule has 7 nitrogen and oxygen atoms in total. The fourth-order valence-corrected chi connectivity index (χ4v) is 3.25. The number of nitrogens with one attached hydrogen (secondary N) is 2. The van der Waals surface area contributed by atoms with E-state index in [1.165, 1.54) is 12.8 Å². The number of anilines is 2. The Kier molecular flexibility index (Phi) is 7.28. The van der Waals surface area contributed by atoms with Gasteiger partial charge in [0.15, 0.2) is 6.10 Å². The van der Waals surface area contributed by atoms with Crippen molar-refractivity contribution in [3.63, 3.8) is 0 Å². The first-order chi connectivity index (χ1) is 14.5. The van der Waals surface area contributed by atoms with Gasteiger partial charge in [0.1, 0.15) is 5.75 Å². The summed E-state index contributed by atoms with van der Waals surface area (Å²) in [5.41, 5.74) is 1.76. The number of hydrogen-bond acceptors (Lipinski definition) is 4. The number of nitriles is 1. The van der Waals surface area contributed by atoms with Crippen molar-refractivity contribution in [3.05, 3.63) is 54.1 Å². The van der Waals surface area contributed by atoms with Gasteiger partial charge < -0.3 is 20.3 Å². The van der Waals surface area contributed by atoms with Crippen molar-refractivity contribution in [2.75, 3.05) is 23.7 Å². The Balaban J connectivity index is 1.52. The second-order valence-corrected chi connectivity index (χ2v) is 7.30. The van der Waals surface area contributed by atoms with E-state index in [1.807, 2.05) is 11.0 Å². The van der Waals surface area contributed by atoms with Crippen molar-refractivity contribution in [1.29, 1.82) is 5.26 Å². The zero-order valence-corrected chi connectivity index (χ0v) is 17.1. The second kappa shape index (κ2) is 10.3. The third kappa shape index (κ3) is 5.98. The average molecular weight is 406 g/mol. The largest absolute Gasteiger partial charge is 0.481 e. The topological polar surface area (TPSA) is 94.5 Å². The molecule has 1 aliphatic heterocycles. The molecule has 0 radical (unpaired) electrons. The normalized spacial score (nSPS) is 14.7. The van der Waals surface area contributed by atoms with Crippen LogP contribution in [0.15, 0.2) is 48.5 Å². The second-order valence-electron chi connectivity index (χ2n) is 7.30. The molecule has 156 valence electrons. The number of hydrogen-bond donors (Lipinski definition) is 2. The first-order valence-electron chi connectivity index (χ1n) is 10.2. The van der Waals surface area contributed by atoms with Crippen LogP contribution in [0.2, 0.25) is 0 Å². The van der Waals surface area contributed by atoms with Gasteiger partial charge in [-0.2, -0.15) is 5.26 Å². The van der Waals surface area contributed by atoms with Crippen LogP contribution in [0.3, 0.4) is 0 Å². The highest BCUT2D eigenvalue weighted by Crippen LogP contribution is 2.18. The molecule has 0 aliphatic carbocycles. The van der Waals surface area contributed by atoms with E-state index in [0.717, 1.165) is 25.9 Å². The highest BCUT2D eigenvalue weighted by molar-refractivity contribution is 5.95. The van der Waals surface area contributed by atoms with Gasteiger partial charge in [0, 0.05) is 24.5 Å². The molecule has 1 atom stereocenters. The van der Waals surface area contributed by atoms with E-state index >= 15 is 0 Å². The quantitative estimate of drug-likeness (QED) is 0.771. The monoisotopic (exact) mass is 406 g/mol. The summed E-state index contributed by atoms with van der Waals surface area (Å²) >= 11 is 0. The highest BCUT2D eigenvalue weighted by Gasteiger charge is 2.17. The lowest BCUT2D eigenvalue weighted by molar-refractivity contribution is -0.122. The van der Waals surface area contributed by atoms with Crippen LogP contribution in [0, 0.1) is 11.3 Å². The smallest absolute Gasteiger partial charge is 0.321 e. The Labute approximate surface area is 176 Å². The third-order valence-electron chi connectivity index (χ3n) is 4.94. The number of urea groups is 1. The molecule has 0 saturated carbocycles. The van der Waals surface area contributed by atoms with Crippen LogP contribution in [-0.4, -0.2) is 36.0 Å². The van der Waals surface area contributed by atoms with Crippen LogP contribution >= 0.6 is 0 Å². The van der Waals surface area contributed by atoms with Gasteiger partial charge >= 0.3 is 6.03 Å². The van der Waals surface area contributed by atoms with Gasteiger partial charge in [-0.25, -0.2) is 4.79 Å². The number of carbonyl (C=O) groups is 2. The van der Waals surface area contributed by atoms with Crippen LogP contribution in [0.5, 0.6) is 5.75 Å². The Morgan fingerprint density at radius 2 is 1.63 bits per heavy atom. The van der Waals surface area contributed by atoms with Crippen LogP contribution in [0.4, 0.5) is 16.2 Å². The summed E-state index contributed by atoms with van der Waals surface area (Å²) in [6.07, 6.45) is 3.69. The van der Waals surface area contributed by atoms with Gasteiger partial charge in [-0.3, -0.25) is 4.79 Å². The zero-order chi connectivity index (χ0) is 21.3. The average Bonchev–Trinajstić information content (AvgIpc) is 3.05. The molecule has 7 heteroatoms. The summed E-state index contributed by atoms with van der Waals surface area (Å²) in [5.74, 6) is 0.155. The molecular formula is C23H26N4O3. The van der Waals surface area contributed by atoms with E-state index in [9.17, 15) is 9.59 Å². The number of nitrogens with zero attached hydrogens (tertiary/aromatic N) is 2. The Morgan fingerprint density at radius 3 is 2.27 bits per heavy atom. The van der Waals surface area contributed by atoms with E-state index in [2.05, 4.69) is 10.6 Å². The molecule has 0 aromatic heterocycles. The van der Waals surface area contributed by atoms with Gasteiger partial charge in [0.2, 0.25) is 0 Å². The van der Waals surface area contributed by atoms with Crippen molar-refractivity contribution in [1.82, 2.24) is 4.90 Å². The first kappa shape index (κ1) is 21.2. The molecule has 3 rings (SSSR count). The maximum Gasteiger partial charge on any atom is 0.321 e. The Bertz CT molecular complexity index is 913. The fourth-order valence-electron chi connectivity index (χ4n) is 3.25. The maximum atomic E-state index is 12.4. The summed E-state index contributed by atoms with van der Waals surface area (Å²) in [5, 5.41) is 14.7. The molecule has 1 fully saturated rings. The van der Waals surface area contributed by atoms with Gasteiger partial charge in [0.05, 0.1) is 11.6 Å². The summed E-state index contributed by atoms with van der Waals surface area (Å²) < 4.78 is 5.62. The van der Waals surface area contributed by atoms with Gasteiger partial charge in [0.25, 0.3) is 5.91 Å². The van der Waals surface area contributed by atoms with Crippen molar-refractivity contribution >= 4 is 23.3 Å². The van der Waals surface area contributed by atoms with E-state index in [4.69, 9.17) is 10.00 Å². The summed E-state index contributed by atoms with van der Waals surface area (Å²) in [6.45, 7) is 3.22. The fraction of sp³-hybridized carbons (Fsp3) is 0.348. The maximum absolute atomic E-state index is 12.4. The minimum Gasteiger partial charge on any atom is -0.481 e. The Morgan fingerprint density at radius 1 is 1.00 bits per heavy atom. The molecule has 2 aromatic rings. The predicted octanol–water partition coefficient (Wildman–Crippen LogP) is 4.37. The summed E-state index contributed by atoms with van der Waals surface area (Å²) in [7, 11) is 0. The predicted molar refractivity (Wildman–Crippen MR) is 115 cm³/mol. The van der Waals surface area contributed by atoms with E-state index in [-0.39, 0.29) is 11.9 Å². The van der Waals surface area contributed by atoms with Crippen molar-refractivity contribution in [3.8, 4) is 11.8 Å². The lowest BCUT2D eigenvalue weighted by Gasteiger charge is -2.21. The summed E-state index contributed by atoms with van der Waals surface area (Å²) in [6, 6.07) is 15.6. The molecule has 1 aliphatic rings. The lowest BCUT2D eigenvalue weighted by atomic mass is 10.2. The number of carbonyl (C=O) groups excluding carboxylic acids is 2. The number of amides is 3. The van der Waals surface area contributed by atoms with Crippen LogP contribution in [-0.2, 0) is 4.79 Å². The van der Waals surface area contributed by atoms with E-state index < -0.39 is 6.10 Å². The third-order valence-corrected chi connectivity index (χ3v) is 4.94. The lowest BCUT2D eigenvalue weighted by Crippen LogP contribution is -2.35. The molecule has 30 heavy (non-hydrogen) atoms. The van der Waals surface area contributed by atoms with Crippen LogP contribution < -0.4 is 15.4 Å². The molecule has 1 unspecified atom stereocenters. The van der Waals surface area contributed by atoms with Gasteiger partial charge in [-0.05, 0) is 62.2 Å². The Hall–Kier alpha value is -3.53. The number of likely N-dealkylation sites (tertiary alicyclic amines) is 1. The molecular weight excluding hydrogens is 380 g/mol. The molecule has 0 spiro atoms. The standard InChI is InChI=1S/C23H26N4O3/c1-17(30-21-8-6-7-18(15-21)16-24)22(28)25-19-9-11-20(12-10-19)26-23(29)27-13-4-2-3-5-14-27/h6-12,15,17H,2-5,13-14H2,1H3,(H,25,28)(H,26,29). The van der Waals surface area contributed by atoms with Crippen molar-refractivity contribution in [2.24, 2.45) is 0 Å². The van der Waals surface area contributed by atoms with Gasteiger partial charge in [-0.1, -0.05) is 18.9 Å². The molecule has 1 heterocycles. The minimum absolute atomic E-state index is 0.0877. The molecule has 0 bridgehead atoms. The first-order valence-corrected chi connectivity index (χ1v) is 10.2. The molecule has 1 saturated heterocycles. The zero-order valence-electron chi connectivity index (χ0n) is 17.1. The summed E-state index contributed by atoms with van der Waals surface area (Å²) in [4.78, 5) is 26.6. The SMILES string of the molecule is CC(Oc1cccc(C#N)c1)C(=O)Nc1ccc(NC(=O)N2CCCCCC2)cc1. The molecule has 3 amide bonds. The van der Waals surface area contributed by atoms with Crippen molar-refractivity contribution < 1.29 is 14.3 Å². The van der Waals surface area contributed by atoms with E-state index in [0.29, 0.717) is 22.7 Å². The molecule has 2 N–H and O–H groups in total. The van der Waals surface area contributed by atoms with Crippen LogP contribution in [0.1, 0.15) is 38.2 Å². The highest BCUT2D eigenvalue weighted by atomic mass is 16.5. The van der Waals surface area contributed by atoms with Crippen LogP contribution in [0.25, 0.3) is 0 Å². The number of ether oxygens (including phenoxy) is 1. The van der Waals surface area contributed by atoms with Gasteiger partial charge in [-0.15, -0.1) is 0 Å².